The fourth-order valence-corrected chi connectivity index (χ4v) is 3.73. The van der Waals surface area contributed by atoms with Crippen LogP contribution in [0.1, 0.15) is 29.3 Å². The molecule has 4 rings (SSSR count). The maximum atomic E-state index is 12.9. The number of fused-ring (bicyclic) bond motifs is 1. The van der Waals surface area contributed by atoms with Crippen LogP contribution in [0, 0.1) is 11.3 Å². The third-order valence-electron chi connectivity index (χ3n) is 5.41. The summed E-state index contributed by atoms with van der Waals surface area (Å²) in [6.45, 7) is 3.06. The highest BCUT2D eigenvalue weighted by Crippen LogP contribution is 2.23. The summed E-state index contributed by atoms with van der Waals surface area (Å²) in [5.74, 6) is 0.123. The Morgan fingerprint density at radius 1 is 1.14 bits per heavy atom. The number of para-hydroxylation sites is 1. The number of hydrogen-bond acceptors (Lipinski definition) is 2. The summed E-state index contributed by atoms with van der Waals surface area (Å²) in [5, 5.41) is 11.8. The average Bonchev–Trinajstić information content (AvgIpc) is 3.12. The van der Waals surface area contributed by atoms with Gasteiger partial charge >= 0.3 is 0 Å². The Kier molecular flexibility index (Phi) is 5.43. The van der Waals surface area contributed by atoms with Gasteiger partial charge < -0.3 is 15.3 Å². The van der Waals surface area contributed by atoms with Gasteiger partial charge in [-0.05, 0) is 30.5 Å². The first-order chi connectivity index (χ1) is 14.1. The molecule has 1 aromatic heterocycles. The van der Waals surface area contributed by atoms with E-state index in [-0.39, 0.29) is 11.8 Å². The van der Waals surface area contributed by atoms with Crippen molar-refractivity contribution >= 4 is 22.5 Å². The number of amides is 1. The molecule has 0 bridgehead atoms. The van der Waals surface area contributed by atoms with Crippen molar-refractivity contribution < 1.29 is 4.79 Å². The minimum Gasteiger partial charge on any atom is -0.348 e. The summed E-state index contributed by atoms with van der Waals surface area (Å²) in [7, 11) is 0. The van der Waals surface area contributed by atoms with Crippen LogP contribution >= 0.6 is 0 Å². The third kappa shape index (κ3) is 4.21. The van der Waals surface area contributed by atoms with Crippen LogP contribution in [0.3, 0.4) is 0 Å². The SMILES string of the molecule is CC(=N)C1C=CC(CNC(=O)c2cn(Cc3ccccc3)c3ccccc23)=CC1. The molecule has 1 heterocycles. The molecule has 2 N–H and O–H groups in total. The molecule has 0 aliphatic heterocycles. The standard InChI is InChI=1S/C25H25N3O/c1-18(26)21-13-11-19(12-14-21)15-27-25(29)23-17-28(16-20-7-3-2-4-8-20)24-10-6-5-9-22(23)24/h2-13,17,21,26H,14-16H2,1H3,(H,27,29). The topological polar surface area (TPSA) is 57.9 Å². The largest absolute Gasteiger partial charge is 0.348 e. The van der Waals surface area contributed by atoms with Gasteiger partial charge in [0.15, 0.2) is 0 Å². The highest BCUT2D eigenvalue weighted by molar-refractivity contribution is 6.07. The summed E-state index contributed by atoms with van der Waals surface area (Å²) in [6.07, 6.45) is 8.96. The summed E-state index contributed by atoms with van der Waals surface area (Å²) >= 11 is 0. The summed E-state index contributed by atoms with van der Waals surface area (Å²) in [6, 6.07) is 18.3. The van der Waals surface area contributed by atoms with Crippen LogP contribution in [0.4, 0.5) is 0 Å². The van der Waals surface area contributed by atoms with Crippen LogP contribution in [-0.2, 0) is 6.54 Å². The Bertz CT molecular complexity index is 1110. The van der Waals surface area contributed by atoms with Gasteiger partial charge in [0.05, 0.1) is 5.56 Å². The number of nitrogens with zero attached hydrogens (tertiary/aromatic N) is 1. The predicted octanol–water partition coefficient (Wildman–Crippen LogP) is 4.96. The second kappa shape index (κ2) is 8.31. The van der Waals surface area contributed by atoms with E-state index in [1.807, 2.05) is 55.6 Å². The molecule has 4 heteroatoms. The minimum absolute atomic E-state index is 0.0623. The first-order valence-corrected chi connectivity index (χ1v) is 9.94. The molecule has 3 aromatic rings. The van der Waals surface area contributed by atoms with E-state index >= 15 is 0 Å². The number of nitrogens with one attached hydrogen (secondary N) is 2. The Labute approximate surface area is 171 Å². The molecule has 2 aromatic carbocycles. The molecule has 0 saturated heterocycles. The maximum absolute atomic E-state index is 12.9. The quantitative estimate of drug-likeness (QED) is 0.581. The van der Waals surface area contributed by atoms with Gasteiger partial charge in [0, 0.05) is 41.8 Å². The van der Waals surface area contributed by atoms with E-state index in [9.17, 15) is 4.79 Å². The minimum atomic E-state index is -0.0623. The van der Waals surface area contributed by atoms with E-state index in [1.165, 1.54) is 5.56 Å². The first kappa shape index (κ1) is 18.9. The Balaban J connectivity index is 1.51. The van der Waals surface area contributed by atoms with Gasteiger partial charge in [-0.2, -0.15) is 0 Å². The van der Waals surface area contributed by atoms with Crippen molar-refractivity contribution in [2.75, 3.05) is 6.54 Å². The fraction of sp³-hybridized carbons (Fsp3) is 0.200. The van der Waals surface area contributed by atoms with Crippen molar-refractivity contribution in [1.82, 2.24) is 9.88 Å². The Morgan fingerprint density at radius 2 is 1.90 bits per heavy atom. The molecular formula is C25H25N3O. The van der Waals surface area contributed by atoms with Crippen LogP contribution in [0.2, 0.25) is 0 Å². The Morgan fingerprint density at radius 3 is 2.62 bits per heavy atom. The molecule has 0 saturated carbocycles. The number of allylic oxidation sites excluding steroid dienone is 2. The predicted molar refractivity (Wildman–Crippen MR) is 119 cm³/mol. The van der Waals surface area contributed by atoms with Gasteiger partial charge in [-0.25, -0.2) is 0 Å². The molecule has 0 spiro atoms. The summed E-state index contributed by atoms with van der Waals surface area (Å²) < 4.78 is 2.14. The van der Waals surface area contributed by atoms with E-state index in [0.29, 0.717) is 17.8 Å². The van der Waals surface area contributed by atoms with Crippen LogP contribution in [0.25, 0.3) is 10.9 Å². The number of hydrogen-bond donors (Lipinski definition) is 2. The molecular weight excluding hydrogens is 358 g/mol. The van der Waals surface area contributed by atoms with Gasteiger partial charge in [0.1, 0.15) is 0 Å². The average molecular weight is 383 g/mol. The maximum Gasteiger partial charge on any atom is 0.253 e. The second-order valence-corrected chi connectivity index (χ2v) is 7.52. The van der Waals surface area contributed by atoms with Crippen LogP contribution in [0.15, 0.2) is 84.6 Å². The van der Waals surface area contributed by atoms with Crippen molar-refractivity contribution in [2.24, 2.45) is 5.92 Å². The molecule has 1 atom stereocenters. The number of carbonyl (C=O) groups excluding carboxylic acids is 1. The van der Waals surface area contributed by atoms with Crippen LogP contribution in [0.5, 0.6) is 0 Å². The first-order valence-electron chi connectivity index (χ1n) is 9.94. The lowest BCUT2D eigenvalue weighted by Crippen LogP contribution is -2.26. The zero-order valence-electron chi connectivity index (χ0n) is 16.6. The van der Waals surface area contributed by atoms with Gasteiger partial charge in [-0.15, -0.1) is 0 Å². The zero-order valence-corrected chi connectivity index (χ0v) is 16.6. The lowest BCUT2D eigenvalue weighted by molar-refractivity contribution is 0.0958. The molecule has 4 nitrogen and oxygen atoms in total. The molecule has 0 fully saturated rings. The van der Waals surface area contributed by atoms with E-state index in [1.54, 1.807) is 0 Å². The lowest BCUT2D eigenvalue weighted by atomic mass is 9.93. The molecule has 1 unspecified atom stereocenters. The highest BCUT2D eigenvalue weighted by Gasteiger charge is 2.16. The molecule has 1 aliphatic carbocycles. The van der Waals surface area contributed by atoms with Crippen molar-refractivity contribution in [2.45, 2.75) is 19.9 Å². The molecule has 1 aliphatic rings. The van der Waals surface area contributed by atoms with E-state index in [2.05, 4.69) is 40.2 Å². The normalized spacial score (nSPS) is 15.9. The van der Waals surface area contributed by atoms with E-state index < -0.39 is 0 Å². The van der Waals surface area contributed by atoms with Gasteiger partial charge in [-0.1, -0.05) is 66.8 Å². The van der Waals surface area contributed by atoms with Crippen molar-refractivity contribution in [3.05, 3.63) is 95.7 Å². The third-order valence-corrected chi connectivity index (χ3v) is 5.41. The van der Waals surface area contributed by atoms with Crippen molar-refractivity contribution in [3.8, 4) is 0 Å². The molecule has 0 radical (unpaired) electrons. The molecule has 146 valence electrons. The summed E-state index contributed by atoms with van der Waals surface area (Å²) in [4.78, 5) is 12.9. The van der Waals surface area contributed by atoms with Gasteiger partial charge in [0.25, 0.3) is 5.91 Å². The highest BCUT2D eigenvalue weighted by atomic mass is 16.1. The van der Waals surface area contributed by atoms with Gasteiger partial charge in [0.2, 0.25) is 0 Å². The fourth-order valence-electron chi connectivity index (χ4n) is 3.73. The van der Waals surface area contributed by atoms with Crippen molar-refractivity contribution in [3.63, 3.8) is 0 Å². The molecule has 1 amide bonds. The number of carbonyl (C=O) groups is 1. The monoisotopic (exact) mass is 383 g/mol. The van der Waals surface area contributed by atoms with E-state index in [4.69, 9.17) is 5.41 Å². The number of rotatable bonds is 6. The zero-order chi connectivity index (χ0) is 20.2. The Hall–Kier alpha value is -3.40. The van der Waals surface area contributed by atoms with Crippen LogP contribution < -0.4 is 5.32 Å². The van der Waals surface area contributed by atoms with Gasteiger partial charge in [-0.3, -0.25) is 4.79 Å². The van der Waals surface area contributed by atoms with Crippen LogP contribution in [-0.4, -0.2) is 22.7 Å². The summed E-state index contributed by atoms with van der Waals surface area (Å²) in [5.41, 5.74) is 4.72. The number of aromatic nitrogens is 1. The smallest absolute Gasteiger partial charge is 0.253 e. The second-order valence-electron chi connectivity index (χ2n) is 7.52. The van der Waals surface area contributed by atoms with E-state index in [0.717, 1.165) is 29.4 Å². The van der Waals surface area contributed by atoms with Crippen molar-refractivity contribution in [1.29, 1.82) is 5.41 Å². The molecule has 29 heavy (non-hydrogen) atoms. The lowest BCUT2D eigenvalue weighted by Gasteiger charge is -2.15. The number of benzene rings is 2.